The summed E-state index contributed by atoms with van der Waals surface area (Å²) >= 11 is 12.2. The molecule has 2 unspecified atom stereocenters. The first-order chi connectivity index (χ1) is 14.2. The van der Waals surface area contributed by atoms with E-state index in [2.05, 4.69) is 12.1 Å². The normalized spacial score (nSPS) is 19.0. The molecule has 0 aliphatic heterocycles. The van der Waals surface area contributed by atoms with E-state index in [4.69, 9.17) is 33.7 Å². The van der Waals surface area contributed by atoms with E-state index in [9.17, 15) is 8.42 Å². The predicted molar refractivity (Wildman–Crippen MR) is 125 cm³/mol. The van der Waals surface area contributed by atoms with Gasteiger partial charge >= 0.3 is 0 Å². The van der Waals surface area contributed by atoms with Crippen molar-refractivity contribution in [1.82, 2.24) is 0 Å². The third-order valence-corrected chi connectivity index (χ3v) is 8.81. The summed E-state index contributed by atoms with van der Waals surface area (Å²) in [6.45, 7) is 3.78. The van der Waals surface area contributed by atoms with E-state index in [1.54, 1.807) is 13.8 Å². The molecule has 3 rings (SSSR count). The minimum absolute atomic E-state index is 0.0541. The lowest BCUT2D eigenvalue weighted by molar-refractivity contribution is 0.316. The first-order valence-corrected chi connectivity index (χ1v) is 12.8. The summed E-state index contributed by atoms with van der Waals surface area (Å²) in [5.74, 6) is 1.06. The van der Waals surface area contributed by atoms with E-state index in [0.29, 0.717) is 23.1 Å². The fourth-order valence-electron chi connectivity index (χ4n) is 3.86. The highest BCUT2D eigenvalue weighted by Crippen LogP contribution is 2.36. The van der Waals surface area contributed by atoms with E-state index in [-0.39, 0.29) is 23.0 Å². The van der Waals surface area contributed by atoms with Crippen molar-refractivity contribution in [3.63, 3.8) is 0 Å². The topological polar surface area (TPSA) is 69.4 Å². The highest BCUT2D eigenvalue weighted by atomic mass is 35.5. The number of nitrogens with two attached hydrogens (primary N) is 1. The lowest BCUT2D eigenvalue weighted by Crippen LogP contribution is -2.34. The van der Waals surface area contributed by atoms with Crippen LogP contribution >= 0.6 is 23.2 Å². The Labute approximate surface area is 189 Å². The third kappa shape index (κ3) is 5.70. The molecule has 2 atom stereocenters. The zero-order valence-corrected chi connectivity index (χ0v) is 19.7. The average molecular weight is 470 g/mol. The van der Waals surface area contributed by atoms with Gasteiger partial charge in [0.2, 0.25) is 0 Å². The number of benzene rings is 2. The van der Waals surface area contributed by atoms with Crippen LogP contribution in [-0.2, 0) is 22.7 Å². The van der Waals surface area contributed by atoms with Crippen LogP contribution in [-0.4, -0.2) is 32.1 Å². The third-order valence-electron chi connectivity index (χ3n) is 5.78. The Kier molecular flexibility index (Phi) is 7.72. The van der Waals surface area contributed by atoms with Crippen LogP contribution in [0.25, 0.3) is 0 Å². The minimum atomic E-state index is -3.04. The minimum Gasteiger partial charge on any atom is -0.494 e. The molecule has 0 aromatic heterocycles. The van der Waals surface area contributed by atoms with Gasteiger partial charge in [0.15, 0.2) is 9.84 Å². The van der Waals surface area contributed by atoms with Gasteiger partial charge in [-0.1, -0.05) is 35.3 Å². The second-order valence-corrected chi connectivity index (χ2v) is 11.7. The Balaban J connectivity index is 1.71. The molecule has 1 aliphatic rings. The maximum atomic E-state index is 11.9. The van der Waals surface area contributed by atoms with E-state index in [1.165, 1.54) is 11.1 Å². The molecule has 2 aromatic rings. The van der Waals surface area contributed by atoms with Crippen LogP contribution in [0.4, 0.5) is 0 Å². The number of rotatable bonds is 8. The first kappa shape index (κ1) is 23.4. The van der Waals surface area contributed by atoms with Crippen LogP contribution in [0, 0.1) is 0 Å². The number of hydrogen-bond donors (Lipinski definition) is 1. The van der Waals surface area contributed by atoms with Crippen LogP contribution in [0.2, 0.25) is 10.0 Å². The summed E-state index contributed by atoms with van der Waals surface area (Å²) in [6, 6.07) is 11.9. The molecular weight excluding hydrogens is 441 g/mol. The van der Waals surface area contributed by atoms with Crippen LogP contribution in [0.5, 0.6) is 5.75 Å². The summed E-state index contributed by atoms with van der Waals surface area (Å²) < 4.78 is 29.8. The number of halogens is 2. The summed E-state index contributed by atoms with van der Waals surface area (Å²) in [7, 11) is -3.04. The maximum absolute atomic E-state index is 11.9. The van der Waals surface area contributed by atoms with Crippen molar-refractivity contribution < 1.29 is 13.2 Å². The first-order valence-electron chi connectivity index (χ1n) is 10.3. The van der Waals surface area contributed by atoms with E-state index >= 15 is 0 Å². The fraction of sp³-hybridized carbons (Fsp3) is 0.478. The summed E-state index contributed by atoms with van der Waals surface area (Å²) in [4.78, 5) is 0. The van der Waals surface area contributed by atoms with E-state index < -0.39 is 9.84 Å². The fourth-order valence-corrected chi connectivity index (χ4v) is 5.17. The van der Waals surface area contributed by atoms with Crippen molar-refractivity contribution >= 4 is 33.0 Å². The highest BCUT2D eigenvalue weighted by Gasteiger charge is 2.28. The molecule has 0 radical (unpaired) electrons. The van der Waals surface area contributed by atoms with Crippen molar-refractivity contribution in [2.45, 2.75) is 56.7 Å². The Morgan fingerprint density at radius 2 is 1.90 bits per heavy atom. The van der Waals surface area contributed by atoms with Gasteiger partial charge < -0.3 is 10.5 Å². The predicted octanol–water partition coefficient (Wildman–Crippen LogP) is 5.19. The molecule has 4 nitrogen and oxygen atoms in total. The highest BCUT2D eigenvalue weighted by molar-refractivity contribution is 7.91. The SMILES string of the molecule is CC(C)S(=O)(=O)CCCOc1ccc2c(c1)C(Cc1ccc(Cl)c(Cl)c1)C(N)CC2. The van der Waals surface area contributed by atoms with Crippen LogP contribution in [0.3, 0.4) is 0 Å². The molecule has 0 bridgehead atoms. The molecular formula is C23H29Cl2NO3S. The number of ether oxygens (including phenoxy) is 1. The standard InChI is InChI=1S/C23H29Cl2NO3S/c1-15(2)30(27,28)11-3-10-29-18-7-5-17-6-9-23(26)20(19(17)14-18)12-16-4-8-21(24)22(25)13-16/h4-5,7-8,13-15,20,23H,3,6,9-12,26H2,1-2H3. The van der Waals surface area contributed by atoms with Crippen LogP contribution in [0.1, 0.15) is 49.3 Å². The van der Waals surface area contributed by atoms with Gasteiger partial charge in [-0.3, -0.25) is 0 Å². The Morgan fingerprint density at radius 1 is 1.13 bits per heavy atom. The number of aryl methyl sites for hydroxylation is 1. The molecule has 30 heavy (non-hydrogen) atoms. The van der Waals surface area contributed by atoms with Gasteiger partial charge in [-0.25, -0.2) is 8.42 Å². The Bertz CT molecular complexity index is 992. The molecule has 2 N–H and O–H groups in total. The second-order valence-electron chi connectivity index (χ2n) is 8.24. The number of sulfone groups is 1. The monoisotopic (exact) mass is 469 g/mol. The van der Waals surface area contributed by atoms with Gasteiger partial charge in [0.1, 0.15) is 5.75 Å². The lowest BCUT2D eigenvalue weighted by Gasteiger charge is -2.32. The van der Waals surface area contributed by atoms with Gasteiger partial charge in [-0.05, 0) is 80.5 Å². The van der Waals surface area contributed by atoms with Gasteiger partial charge in [-0.2, -0.15) is 0 Å². The van der Waals surface area contributed by atoms with Crippen molar-refractivity contribution in [3.8, 4) is 5.75 Å². The van der Waals surface area contributed by atoms with E-state index in [1.807, 2.05) is 24.3 Å². The van der Waals surface area contributed by atoms with Gasteiger partial charge in [0.05, 0.1) is 27.7 Å². The number of hydrogen-bond acceptors (Lipinski definition) is 4. The van der Waals surface area contributed by atoms with Crippen LogP contribution < -0.4 is 10.5 Å². The zero-order valence-electron chi connectivity index (χ0n) is 17.4. The summed E-state index contributed by atoms with van der Waals surface area (Å²) in [5, 5.41) is 0.737. The van der Waals surface area contributed by atoms with Gasteiger partial charge in [0.25, 0.3) is 0 Å². The summed E-state index contributed by atoms with van der Waals surface area (Å²) in [5.41, 5.74) is 10.1. The molecule has 7 heteroatoms. The lowest BCUT2D eigenvalue weighted by atomic mass is 9.76. The Morgan fingerprint density at radius 3 is 2.60 bits per heavy atom. The molecule has 0 amide bonds. The molecule has 2 aromatic carbocycles. The smallest absolute Gasteiger partial charge is 0.152 e. The van der Waals surface area contributed by atoms with Crippen molar-refractivity contribution in [2.75, 3.05) is 12.4 Å². The van der Waals surface area contributed by atoms with Crippen molar-refractivity contribution in [2.24, 2.45) is 5.73 Å². The average Bonchev–Trinajstić information content (AvgIpc) is 2.70. The van der Waals surface area contributed by atoms with Gasteiger partial charge in [-0.15, -0.1) is 0 Å². The van der Waals surface area contributed by atoms with Gasteiger partial charge in [0, 0.05) is 12.0 Å². The largest absolute Gasteiger partial charge is 0.494 e. The molecule has 0 saturated carbocycles. The van der Waals surface area contributed by atoms with Crippen molar-refractivity contribution in [1.29, 1.82) is 0 Å². The van der Waals surface area contributed by atoms with Crippen LogP contribution in [0.15, 0.2) is 36.4 Å². The molecule has 164 valence electrons. The summed E-state index contributed by atoms with van der Waals surface area (Å²) in [6.07, 6.45) is 3.14. The Hall–Kier alpha value is -1.27. The maximum Gasteiger partial charge on any atom is 0.152 e. The zero-order chi connectivity index (χ0) is 21.9. The molecule has 1 aliphatic carbocycles. The molecule has 0 saturated heterocycles. The molecule has 0 spiro atoms. The quantitative estimate of drug-likeness (QED) is 0.540. The second kappa shape index (κ2) is 9.90. The number of fused-ring (bicyclic) bond motifs is 1. The van der Waals surface area contributed by atoms with E-state index in [0.717, 1.165) is 30.6 Å². The van der Waals surface area contributed by atoms with Crippen molar-refractivity contribution in [3.05, 3.63) is 63.1 Å². The molecule has 0 heterocycles. The molecule has 0 fully saturated rings.